The van der Waals surface area contributed by atoms with Crippen molar-refractivity contribution in [2.24, 2.45) is 11.3 Å². The maximum absolute atomic E-state index is 11.7. The quantitative estimate of drug-likeness (QED) is 0.853. The summed E-state index contributed by atoms with van der Waals surface area (Å²) in [5.74, 6) is -0.372. The van der Waals surface area contributed by atoms with Crippen molar-refractivity contribution in [1.29, 1.82) is 0 Å². The lowest BCUT2D eigenvalue weighted by atomic mass is 10.1. The second-order valence-corrected chi connectivity index (χ2v) is 5.87. The van der Waals surface area contributed by atoms with Crippen LogP contribution in [0.4, 0.5) is 0 Å². The van der Waals surface area contributed by atoms with Crippen molar-refractivity contribution in [1.82, 2.24) is 5.32 Å². The first-order valence-corrected chi connectivity index (χ1v) is 6.47. The monoisotopic (exact) mass is 261 g/mol. The zero-order valence-electron chi connectivity index (χ0n) is 11.3. The lowest BCUT2D eigenvalue weighted by Gasteiger charge is -2.07. The molecule has 1 atom stereocenters. The second-order valence-electron chi connectivity index (χ2n) is 5.87. The van der Waals surface area contributed by atoms with Gasteiger partial charge in [0.15, 0.2) is 0 Å². The molecule has 0 aliphatic heterocycles. The predicted molar refractivity (Wildman–Crippen MR) is 72.0 cm³/mol. The van der Waals surface area contributed by atoms with Gasteiger partial charge < -0.3 is 10.4 Å². The van der Waals surface area contributed by atoms with Gasteiger partial charge in [-0.25, -0.2) is 4.79 Å². The van der Waals surface area contributed by atoms with Gasteiger partial charge in [0.2, 0.25) is 5.91 Å². The summed E-state index contributed by atoms with van der Waals surface area (Å²) in [6.45, 7) is 5.14. The maximum atomic E-state index is 11.7. The number of carboxylic acid groups (broad SMARTS) is 1. The molecule has 0 unspecified atom stereocenters. The Bertz CT molecular complexity index is 491. The van der Waals surface area contributed by atoms with E-state index in [9.17, 15) is 9.59 Å². The van der Waals surface area contributed by atoms with Gasteiger partial charge in [-0.2, -0.15) is 0 Å². The highest BCUT2D eigenvalue weighted by Gasteiger charge is 2.45. The summed E-state index contributed by atoms with van der Waals surface area (Å²) < 4.78 is 0. The van der Waals surface area contributed by atoms with E-state index < -0.39 is 5.97 Å². The molecule has 0 heterocycles. The second kappa shape index (κ2) is 5.03. The molecule has 1 aliphatic rings. The van der Waals surface area contributed by atoms with Gasteiger partial charge in [0.05, 0.1) is 12.0 Å². The fourth-order valence-corrected chi connectivity index (χ4v) is 2.17. The Hall–Kier alpha value is -1.84. The highest BCUT2D eigenvalue weighted by Crippen LogP contribution is 2.50. The van der Waals surface area contributed by atoms with Crippen LogP contribution in [0.5, 0.6) is 0 Å². The van der Waals surface area contributed by atoms with Crippen molar-refractivity contribution >= 4 is 11.9 Å². The third-order valence-corrected chi connectivity index (χ3v) is 3.83. The number of nitrogens with one attached hydrogen (secondary N) is 1. The number of rotatable bonds is 5. The van der Waals surface area contributed by atoms with E-state index in [1.165, 1.54) is 18.6 Å². The molecule has 1 aromatic rings. The van der Waals surface area contributed by atoms with E-state index in [2.05, 4.69) is 19.2 Å². The van der Waals surface area contributed by atoms with Crippen molar-refractivity contribution in [3.63, 3.8) is 0 Å². The molecule has 1 aliphatic carbocycles. The van der Waals surface area contributed by atoms with Gasteiger partial charge in [0, 0.05) is 6.54 Å². The van der Waals surface area contributed by atoms with E-state index in [1.54, 1.807) is 12.1 Å². The van der Waals surface area contributed by atoms with E-state index in [0.717, 1.165) is 12.1 Å². The molecule has 1 fully saturated rings. The van der Waals surface area contributed by atoms with Crippen LogP contribution in [0.3, 0.4) is 0 Å². The molecular formula is C15H19NO3. The number of carbonyl (C=O) groups is 2. The molecule has 0 saturated heterocycles. The Morgan fingerprint density at radius 2 is 1.89 bits per heavy atom. The van der Waals surface area contributed by atoms with Gasteiger partial charge in [-0.15, -0.1) is 0 Å². The van der Waals surface area contributed by atoms with Crippen LogP contribution in [0.2, 0.25) is 0 Å². The van der Waals surface area contributed by atoms with E-state index in [1.807, 2.05) is 0 Å². The van der Waals surface area contributed by atoms with Crippen LogP contribution in [0.1, 0.15) is 36.2 Å². The molecule has 2 rings (SSSR count). The summed E-state index contributed by atoms with van der Waals surface area (Å²) >= 11 is 0. The van der Waals surface area contributed by atoms with Gasteiger partial charge in [-0.05, 0) is 35.4 Å². The first kappa shape index (κ1) is 13.6. The minimum Gasteiger partial charge on any atom is -0.478 e. The zero-order valence-corrected chi connectivity index (χ0v) is 11.3. The number of carbonyl (C=O) groups excluding carboxylic acids is 1. The molecule has 1 saturated carbocycles. The lowest BCUT2D eigenvalue weighted by molar-refractivity contribution is -0.120. The van der Waals surface area contributed by atoms with Crippen LogP contribution in [0, 0.1) is 11.3 Å². The highest BCUT2D eigenvalue weighted by atomic mass is 16.4. The lowest BCUT2D eigenvalue weighted by Crippen LogP contribution is -2.28. The molecule has 2 N–H and O–H groups in total. The van der Waals surface area contributed by atoms with Crippen LogP contribution in [-0.4, -0.2) is 23.5 Å². The summed E-state index contributed by atoms with van der Waals surface area (Å²) in [4.78, 5) is 22.4. The van der Waals surface area contributed by atoms with Crippen molar-refractivity contribution in [2.45, 2.75) is 26.7 Å². The Morgan fingerprint density at radius 3 is 2.37 bits per heavy atom. The molecule has 1 amide bonds. The number of benzene rings is 1. The van der Waals surface area contributed by atoms with E-state index >= 15 is 0 Å². The van der Waals surface area contributed by atoms with Gasteiger partial charge in [-0.3, -0.25) is 4.79 Å². The normalized spacial score (nSPS) is 19.8. The molecule has 4 heteroatoms. The zero-order chi connectivity index (χ0) is 14.0. The molecule has 0 bridgehead atoms. The number of carboxylic acids is 1. The van der Waals surface area contributed by atoms with Gasteiger partial charge in [0.25, 0.3) is 0 Å². The van der Waals surface area contributed by atoms with Crippen LogP contribution in [0.15, 0.2) is 24.3 Å². The smallest absolute Gasteiger partial charge is 0.335 e. The average molecular weight is 261 g/mol. The van der Waals surface area contributed by atoms with Crippen LogP contribution < -0.4 is 5.32 Å². The minimum absolute atomic E-state index is 0.00854. The molecule has 4 nitrogen and oxygen atoms in total. The fraction of sp³-hybridized carbons (Fsp3) is 0.467. The van der Waals surface area contributed by atoms with E-state index in [4.69, 9.17) is 5.11 Å². The van der Waals surface area contributed by atoms with Crippen LogP contribution >= 0.6 is 0 Å². The number of hydrogen-bond acceptors (Lipinski definition) is 2. The Morgan fingerprint density at radius 1 is 1.32 bits per heavy atom. The van der Waals surface area contributed by atoms with Crippen LogP contribution in [0.25, 0.3) is 0 Å². The number of amides is 1. The summed E-state index contributed by atoms with van der Waals surface area (Å²) in [6, 6.07) is 6.41. The summed E-state index contributed by atoms with van der Waals surface area (Å²) in [5.41, 5.74) is 1.44. The van der Waals surface area contributed by atoms with Crippen molar-refractivity contribution in [2.75, 3.05) is 6.54 Å². The molecule has 102 valence electrons. The Labute approximate surface area is 112 Å². The molecule has 0 radical (unpaired) electrons. The summed E-state index contributed by atoms with van der Waals surface area (Å²) in [6.07, 6.45) is 1.47. The SMILES string of the molecule is CC1(C)C[C@H]1CNC(=O)Cc1ccc(C(=O)O)cc1. The minimum atomic E-state index is -0.952. The topological polar surface area (TPSA) is 66.4 Å². The summed E-state index contributed by atoms with van der Waals surface area (Å²) in [5, 5.41) is 11.7. The third kappa shape index (κ3) is 3.56. The molecular weight excluding hydrogens is 242 g/mol. The molecule has 0 aromatic heterocycles. The standard InChI is InChI=1S/C15H19NO3/c1-15(2)8-12(15)9-16-13(17)7-10-3-5-11(6-4-10)14(18)19/h3-6,12H,7-9H2,1-2H3,(H,16,17)(H,18,19)/t12-/m0/s1. The first-order valence-electron chi connectivity index (χ1n) is 6.47. The molecule has 0 spiro atoms. The fourth-order valence-electron chi connectivity index (χ4n) is 2.17. The van der Waals surface area contributed by atoms with Gasteiger partial charge in [0.1, 0.15) is 0 Å². The van der Waals surface area contributed by atoms with Crippen LogP contribution in [-0.2, 0) is 11.2 Å². The average Bonchev–Trinajstić information content (AvgIpc) is 2.95. The number of hydrogen-bond donors (Lipinski definition) is 2. The Kier molecular flexibility index (Phi) is 3.60. The first-order chi connectivity index (χ1) is 8.88. The van der Waals surface area contributed by atoms with Crippen molar-refractivity contribution < 1.29 is 14.7 Å². The van der Waals surface area contributed by atoms with E-state index in [-0.39, 0.29) is 11.5 Å². The van der Waals surface area contributed by atoms with Crippen molar-refractivity contribution in [3.05, 3.63) is 35.4 Å². The molecule has 19 heavy (non-hydrogen) atoms. The van der Waals surface area contributed by atoms with Gasteiger partial charge >= 0.3 is 5.97 Å². The molecule has 1 aromatic carbocycles. The maximum Gasteiger partial charge on any atom is 0.335 e. The largest absolute Gasteiger partial charge is 0.478 e. The predicted octanol–water partition coefficient (Wildman–Crippen LogP) is 2.09. The summed E-state index contributed by atoms with van der Waals surface area (Å²) in [7, 11) is 0. The number of aromatic carboxylic acids is 1. The van der Waals surface area contributed by atoms with Gasteiger partial charge in [-0.1, -0.05) is 26.0 Å². The Balaban J connectivity index is 1.80. The van der Waals surface area contributed by atoms with E-state index in [0.29, 0.717) is 17.8 Å². The van der Waals surface area contributed by atoms with Crippen molar-refractivity contribution in [3.8, 4) is 0 Å². The highest BCUT2D eigenvalue weighted by molar-refractivity contribution is 5.87. The third-order valence-electron chi connectivity index (χ3n) is 3.83.